The second-order valence-electron chi connectivity index (χ2n) is 6.88. The molecular weight excluding hydrogens is 455 g/mol. The molecule has 8 heteroatoms. The molecule has 2 saturated heterocycles. The van der Waals surface area contributed by atoms with Crippen LogP contribution in [0.2, 0.25) is 0 Å². The van der Waals surface area contributed by atoms with Crippen molar-refractivity contribution in [3.8, 4) is 0 Å². The van der Waals surface area contributed by atoms with Gasteiger partial charge in [0.2, 0.25) is 5.91 Å². The summed E-state index contributed by atoms with van der Waals surface area (Å²) in [4.78, 5) is 27.3. The van der Waals surface area contributed by atoms with E-state index in [4.69, 9.17) is 4.99 Å². The highest BCUT2D eigenvalue weighted by molar-refractivity contribution is 14.0. The van der Waals surface area contributed by atoms with Gasteiger partial charge in [-0.3, -0.25) is 4.79 Å². The zero-order valence-corrected chi connectivity index (χ0v) is 18.7. The highest BCUT2D eigenvalue weighted by Gasteiger charge is 2.21. The van der Waals surface area contributed by atoms with E-state index in [-0.39, 0.29) is 29.9 Å². The van der Waals surface area contributed by atoms with Gasteiger partial charge in [-0.05, 0) is 37.5 Å². The van der Waals surface area contributed by atoms with Gasteiger partial charge in [-0.2, -0.15) is 0 Å². The number of halogens is 1. The molecule has 2 aliphatic heterocycles. The molecule has 0 atom stereocenters. The molecule has 0 unspecified atom stereocenters. The molecule has 1 aromatic heterocycles. The number of carbonyl (C=O) groups excluding carboxylic acids is 1. The molecule has 1 amide bonds. The number of guanidine groups is 1. The highest BCUT2D eigenvalue weighted by Crippen LogP contribution is 2.19. The van der Waals surface area contributed by atoms with Gasteiger partial charge in [-0.15, -0.1) is 24.0 Å². The van der Waals surface area contributed by atoms with Crippen LogP contribution in [0.1, 0.15) is 32.3 Å². The number of nitrogens with zero attached hydrogens (tertiary/aromatic N) is 5. The van der Waals surface area contributed by atoms with Gasteiger partial charge in [0.05, 0.1) is 6.54 Å². The van der Waals surface area contributed by atoms with Crippen LogP contribution >= 0.6 is 24.0 Å². The number of aliphatic imine (C=N–C) groups is 1. The molecule has 0 spiro atoms. The summed E-state index contributed by atoms with van der Waals surface area (Å²) in [5.41, 5.74) is 1.18. The number of amides is 1. The van der Waals surface area contributed by atoms with Crippen molar-refractivity contribution in [3.63, 3.8) is 0 Å². The third-order valence-electron chi connectivity index (χ3n) is 5.01. The van der Waals surface area contributed by atoms with E-state index >= 15 is 0 Å². The van der Waals surface area contributed by atoms with Crippen LogP contribution in [0.25, 0.3) is 0 Å². The van der Waals surface area contributed by atoms with E-state index in [1.165, 1.54) is 18.4 Å². The van der Waals surface area contributed by atoms with Crippen LogP contribution in [0.3, 0.4) is 0 Å². The summed E-state index contributed by atoms with van der Waals surface area (Å²) >= 11 is 0. The Morgan fingerprint density at radius 1 is 1.15 bits per heavy atom. The van der Waals surface area contributed by atoms with Crippen LogP contribution in [-0.2, 0) is 11.3 Å². The van der Waals surface area contributed by atoms with Crippen LogP contribution in [0.5, 0.6) is 0 Å². The number of hydrogen-bond donors (Lipinski definition) is 1. The molecule has 2 aliphatic rings. The molecule has 0 bridgehead atoms. The maximum absolute atomic E-state index is 11.5. The minimum absolute atomic E-state index is 0. The lowest BCUT2D eigenvalue weighted by atomic mass is 10.2. The number of carbonyl (C=O) groups is 1. The summed E-state index contributed by atoms with van der Waals surface area (Å²) in [7, 11) is 0. The summed E-state index contributed by atoms with van der Waals surface area (Å²) in [5, 5.41) is 3.38. The lowest BCUT2D eigenvalue weighted by Crippen LogP contribution is -2.53. The largest absolute Gasteiger partial charge is 0.357 e. The van der Waals surface area contributed by atoms with Gasteiger partial charge < -0.3 is 20.0 Å². The summed E-state index contributed by atoms with van der Waals surface area (Å²) in [6, 6.07) is 4.20. The summed E-state index contributed by atoms with van der Waals surface area (Å²) in [6.45, 7) is 10.5. The number of hydrogen-bond acceptors (Lipinski definition) is 4. The molecule has 1 N–H and O–H groups in total. The molecule has 0 aliphatic carbocycles. The fourth-order valence-corrected chi connectivity index (χ4v) is 3.50. The molecule has 0 radical (unpaired) electrons. The van der Waals surface area contributed by atoms with E-state index < -0.39 is 0 Å². The molecular formula is C19H31IN6O. The Morgan fingerprint density at radius 3 is 2.44 bits per heavy atom. The van der Waals surface area contributed by atoms with Gasteiger partial charge in [-0.1, -0.05) is 0 Å². The lowest BCUT2D eigenvalue weighted by Gasteiger charge is -2.36. The summed E-state index contributed by atoms with van der Waals surface area (Å²) in [5.74, 6) is 2.14. The highest BCUT2D eigenvalue weighted by atomic mass is 127. The maximum Gasteiger partial charge on any atom is 0.219 e. The zero-order chi connectivity index (χ0) is 18.4. The SMILES string of the molecule is CCNC(=NCc1ccnc(N2CCCC2)c1)N1CCN(C(C)=O)CC1.I. The van der Waals surface area contributed by atoms with Crippen molar-refractivity contribution in [1.29, 1.82) is 0 Å². The minimum atomic E-state index is 0. The predicted molar refractivity (Wildman–Crippen MR) is 120 cm³/mol. The van der Waals surface area contributed by atoms with E-state index in [1.54, 1.807) is 6.92 Å². The minimum Gasteiger partial charge on any atom is -0.357 e. The van der Waals surface area contributed by atoms with Crippen molar-refractivity contribution in [2.24, 2.45) is 4.99 Å². The number of piperazine rings is 1. The van der Waals surface area contributed by atoms with Gasteiger partial charge in [0.25, 0.3) is 0 Å². The van der Waals surface area contributed by atoms with Crippen LogP contribution in [0.4, 0.5) is 5.82 Å². The van der Waals surface area contributed by atoms with Crippen molar-refractivity contribution >= 4 is 41.7 Å². The van der Waals surface area contributed by atoms with Crippen LogP contribution in [-0.4, -0.2) is 72.5 Å². The normalized spacial score (nSPS) is 17.7. The molecule has 7 nitrogen and oxygen atoms in total. The smallest absolute Gasteiger partial charge is 0.219 e. The first-order chi connectivity index (χ1) is 12.7. The Balaban J connectivity index is 0.00000261. The molecule has 3 heterocycles. The summed E-state index contributed by atoms with van der Waals surface area (Å²) < 4.78 is 0. The topological polar surface area (TPSA) is 64.1 Å². The number of anilines is 1. The van der Waals surface area contributed by atoms with Crippen molar-refractivity contribution in [3.05, 3.63) is 23.9 Å². The number of rotatable bonds is 4. The van der Waals surface area contributed by atoms with Gasteiger partial charge in [0.1, 0.15) is 5.82 Å². The van der Waals surface area contributed by atoms with Gasteiger partial charge in [0.15, 0.2) is 5.96 Å². The molecule has 3 rings (SSSR count). The average Bonchev–Trinajstić information content (AvgIpc) is 3.20. The number of pyridine rings is 1. The quantitative estimate of drug-likeness (QED) is 0.401. The molecule has 150 valence electrons. The average molecular weight is 486 g/mol. The van der Waals surface area contributed by atoms with Crippen molar-refractivity contribution in [1.82, 2.24) is 20.1 Å². The van der Waals surface area contributed by atoms with Crippen LogP contribution in [0, 0.1) is 0 Å². The van der Waals surface area contributed by atoms with E-state index in [0.717, 1.165) is 57.6 Å². The van der Waals surface area contributed by atoms with Gasteiger partial charge >= 0.3 is 0 Å². The second-order valence-corrected chi connectivity index (χ2v) is 6.88. The standard InChI is InChI=1S/C19H30N6O.HI/c1-3-20-19(25-12-10-23(11-13-25)16(2)26)22-15-17-6-7-21-18(14-17)24-8-4-5-9-24;/h6-7,14H,3-5,8-13,15H2,1-2H3,(H,20,22);1H. The van der Waals surface area contributed by atoms with E-state index in [0.29, 0.717) is 6.54 Å². The fourth-order valence-electron chi connectivity index (χ4n) is 3.50. The molecule has 27 heavy (non-hydrogen) atoms. The third-order valence-corrected chi connectivity index (χ3v) is 5.01. The van der Waals surface area contributed by atoms with Crippen LogP contribution < -0.4 is 10.2 Å². The lowest BCUT2D eigenvalue weighted by molar-refractivity contribution is -0.130. The summed E-state index contributed by atoms with van der Waals surface area (Å²) in [6.07, 6.45) is 4.39. The Labute approximate surface area is 179 Å². The Morgan fingerprint density at radius 2 is 1.81 bits per heavy atom. The molecule has 2 fully saturated rings. The third kappa shape index (κ3) is 5.95. The molecule has 0 aromatic carbocycles. The zero-order valence-electron chi connectivity index (χ0n) is 16.4. The van der Waals surface area contributed by atoms with Crippen LogP contribution in [0.15, 0.2) is 23.3 Å². The van der Waals surface area contributed by atoms with E-state index in [9.17, 15) is 4.79 Å². The fraction of sp³-hybridized carbons (Fsp3) is 0.632. The first-order valence-electron chi connectivity index (χ1n) is 9.66. The van der Waals surface area contributed by atoms with E-state index in [2.05, 4.69) is 33.1 Å². The Hall–Kier alpha value is -1.58. The van der Waals surface area contributed by atoms with Gasteiger partial charge in [-0.25, -0.2) is 9.98 Å². The first-order valence-corrected chi connectivity index (χ1v) is 9.66. The van der Waals surface area contributed by atoms with E-state index in [1.807, 2.05) is 17.2 Å². The maximum atomic E-state index is 11.5. The first kappa shape index (κ1) is 21.7. The van der Waals surface area contributed by atoms with Crippen molar-refractivity contribution in [2.75, 3.05) is 50.7 Å². The monoisotopic (exact) mass is 486 g/mol. The molecule has 1 aromatic rings. The van der Waals surface area contributed by atoms with Crippen molar-refractivity contribution in [2.45, 2.75) is 33.2 Å². The predicted octanol–water partition coefficient (Wildman–Crippen LogP) is 1.93. The number of aromatic nitrogens is 1. The van der Waals surface area contributed by atoms with Crippen molar-refractivity contribution < 1.29 is 4.79 Å². The molecule has 0 saturated carbocycles. The second kappa shape index (κ2) is 10.7. The number of nitrogens with one attached hydrogen (secondary N) is 1. The van der Waals surface area contributed by atoms with Gasteiger partial charge in [0, 0.05) is 58.9 Å². The Bertz CT molecular complexity index is 639. The Kier molecular flexibility index (Phi) is 8.59.